The van der Waals surface area contributed by atoms with Gasteiger partial charge in [0.15, 0.2) is 0 Å². The van der Waals surface area contributed by atoms with E-state index in [-0.39, 0.29) is 11.7 Å². The summed E-state index contributed by atoms with van der Waals surface area (Å²) in [6.45, 7) is 4.21. The summed E-state index contributed by atoms with van der Waals surface area (Å²) in [5, 5.41) is 11.5. The third kappa shape index (κ3) is 6.35. The monoisotopic (exact) mass is 425 g/mol. The lowest BCUT2D eigenvalue weighted by molar-refractivity contribution is -0.113. The molecular formula is C23H27N3O3S. The molecule has 0 saturated heterocycles. The molecule has 30 heavy (non-hydrogen) atoms. The lowest BCUT2D eigenvalue weighted by atomic mass is 10.0. The number of benzene rings is 2. The number of hydrogen-bond acceptors (Lipinski definition) is 6. The van der Waals surface area contributed by atoms with Crippen LogP contribution in [0.25, 0.3) is 0 Å². The van der Waals surface area contributed by atoms with E-state index in [0.717, 1.165) is 29.8 Å². The molecule has 0 aliphatic carbocycles. The van der Waals surface area contributed by atoms with Crippen LogP contribution in [0.3, 0.4) is 0 Å². The zero-order valence-corrected chi connectivity index (χ0v) is 18.4. The number of carbonyl (C=O) groups excluding carboxylic acids is 1. The Bertz CT molecular complexity index is 954. The fraction of sp³-hybridized carbons (Fsp3) is 0.348. The van der Waals surface area contributed by atoms with Crippen LogP contribution in [0.1, 0.15) is 43.2 Å². The molecule has 1 amide bonds. The number of aryl methyl sites for hydroxylation is 2. The molecule has 6 nitrogen and oxygen atoms in total. The van der Waals surface area contributed by atoms with Gasteiger partial charge in [0.05, 0.1) is 12.9 Å². The lowest BCUT2D eigenvalue weighted by Crippen LogP contribution is -2.15. The minimum atomic E-state index is -0.0904. The maximum atomic E-state index is 12.3. The topological polar surface area (TPSA) is 77.2 Å². The van der Waals surface area contributed by atoms with Crippen LogP contribution in [0.4, 0.5) is 5.69 Å². The van der Waals surface area contributed by atoms with E-state index in [1.807, 2.05) is 36.4 Å². The van der Waals surface area contributed by atoms with Gasteiger partial charge in [-0.3, -0.25) is 4.79 Å². The smallest absolute Gasteiger partial charge is 0.277 e. The van der Waals surface area contributed by atoms with Gasteiger partial charge in [0.25, 0.3) is 5.22 Å². The van der Waals surface area contributed by atoms with Gasteiger partial charge < -0.3 is 14.5 Å². The average Bonchev–Trinajstić information content (AvgIpc) is 3.21. The molecule has 158 valence electrons. The number of rotatable bonds is 10. The van der Waals surface area contributed by atoms with Crippen LogP contribution in [0.2, 0.25) is 0 Å². The Morgan fingerprint density at radius 1 is 1.10 bits per heavy atom. The summed E-state index contributed by atoms with van der Waals surface area (Å²) in [6.07, 6.45) is 2.53. The van der Waals surface area contributed by atoms with E-state index in [1.54, 1.807) is 7.11 Å². The maximum absolute atomic E-state index is 12.3. The molecule has 1 N–H and O–H groups in total. The van der Waals surface area contributed by atoms with Gasteiger partial charge >= 0.3 is 0 Å². The number of ether oxygens (including phenoxy) is 1. The summed E-state index contributed by atoms with van der Waals surface area (Å²) in [7, 11) is 1.66. The lowest BCUT2D eigenvalue weighted by Gasteiger charge is -2.13. The molecule has 0 fully saturated rings. The van der Waals surface area contributed by atoms with Crippen molar-refractivity contribution < 1.29 is 13.9 Å². The Morgan fingerprint density at radius 3 is 2.60 bits per heavy atom. The molecular weight excluding hydrogens is 398 g/mol. The third-order valence-corrected chi connectivity index (χ3v) is 5.47. The third-order valence-electron chi connectivity index (χ3n) is 4.65. The molecule has 3 rings (SSSR count). The van der Waals surface area contributed by atoms with Gasteiger partial charge in [-0.15, -0.1) is 10.2 Å². The zero-order chi connectivity index (χ0) is 21.3. The summed E-state index contributed by atoms with van der Waals surface area (Å²) in [4.78, 5) is 12.3. The van der Waals surface area contributed by atoms with E-state index >= 15 is 0 Å². The standard InChI is InChI=1S/C23H27N3O3S/c1-16(2)19-8-4-5-9-20(19)24-21(27)15-30-23-26-25-22(29-23)10-6-7-17-11-13-18(28-3)14-12-17/h4-5,8-9,11-14,16H,6-7,10,15H2,1-3H3,(H,24,27). The first kappa shape index (κ1) is 21.9. The zero-order valence-electron chi connectivity index (χ0n) is 17.6. The normalized spacial score (nSPS) is 10.9. The molecule has 0 saturated carbocycles. The second-order valence-corrected chi connectivity index (χ2v) is 8.17. The van der Waals surface area contributed by atoms with E-state index in [9.17, 15) is 4.79 Å². The number of aromatic nitrogens is 2. The SMILES string of the molecule is COc1ccc(CCCc2nnc(SCC(=O)Nc3ccccc3C(C)C)o2)cc1. The van der Waals surface area contributed by atoms with Crippen LogP contribution in [-0.4, -0.2) is 29.0 Å². The highest BCUT2D eigenvalue weighted by Crippen LogP contribution is 2.24. The van der Waals surface area contributed by atoms with Crippen molar-refractivity contribution in [3.8, 4) is 5.75 Å². The summed E-state index contributed by atoms with van der Waals surface area (Å²) >= 11 is 1.25. The van der Waals surface area contributed by atoms with E-state index in [0.29, 0.717) is 23.5 Å². The number of carbonyl (C=O) groups is 1. The molecule has 7 heteroatoms. The fourth-order valence-corrected chi connectivity index (χ4v) is 3.64. The van der Waals surface area contributed by atoms with Gasteiger partial charge in [-0.2, -0.15) is 0 Å². The largest absolute Gasteiger partial charge is 0.497 e. The van der Waals surface area contributed by atoms with Crippen LogP contribution in [-0.2, 0) is 17.6 Å². The first-order valence-electron chi connectivity index (χ1n) is 10.0. The summed E-state index contributed by atoms with van der Waals surface area (Å²) in [6, 6.07) is 15.9. The van der Waals surface area contributed by atoms with Gasteiger partial charge in [-0.05, 0) is 48.1 Å². The number of anilines is 1. The summed E-state index contributed by atoms with van der Waals surface area (Å²) < 4.78 is 10.8. The summed E-state index contributed by atoms with van der Waals surface area (Å²) in [5.74, 6) is 1.92. The average molecular weight is 426 g/mol. The number of methoxy groups -OCH3 is 1. The highest BCUT2D eigenvalue weighted by atomic mass is 32.2. The number of nitrogens with zero attached hydrogens (tertiary/aromatic N) is 2. The van der Waals surface area contributed by atoms with Gasteiger partial charge in [0, 0.05) is 12.1 Å². The van der Waals surface area contributed by atoms with Crippen molar-refractivity contribution in [2.45, 2.75) is 44.3 Å². The molecule has 0 bridgehead atoms. The quantitative estimate of drug-likeness (QED) is 0.455. The molecule has 0 atom stereocenters. The highest BCUT2D eigenvalue weighted by molar-refractivity contribution is 7.99. The molecule has 0 radical (unpaired) electrons. The van der Waals surface area contributed by atoms with Crippen LogP contribution in [0.15, 0.2) is 58.2 Å². The van der Waals surface area contributed by atoms with Gasteiger partial charge in [-0.1, -0.05) is 55.9 Å². The molecule has 0 unspecified atom stereocenters. The highest BCUT2D eigenvalue weighted by Gasteiger charge is 2.12. The second kappa shape index (κ2) is 10.8. The van der Waals surface area contributed by atoms with E-state index in [1.165, 1.54) is 17.3 Å². The predicted molar refractivity (Wildman–Crippen MR) is 119 cm³/mol. The van der Waals surface area contributed by atoms with Crippen LogP contribution in [0, 0.1) is 0 Å². The second-order valence-electron chi connectivity index (χ2n) is 7.24. The van der Waals surface area contributed by atoms with Crippen molar-refractivity contribution in [2.75, 3.05) is 18.2 Å². The Kier molecular flexibility index (Phi) is 7.90. The van der Waals surface area contributed by atoms with E-state index < -0.39 is 0 Å². The van der Waals surface area contributed by atoms with Crippen molar-refractivity contribution in [1.82, 2.24) is 10.2 Å². The number of amides is 1. The minimum absolute atomic E-state index is 0.0904. The first-order valence-corrected chi connectivity index (χ1v) is 11.0. The van der Waals surface area contributed by atoms with Crippen molar-refractivity contribution in [3.63, 3.8) is 0 Å². The molecule has 1 aromatic heterocycles. The van der Waals surface area contributed by atoms with Gasteiger partial charge in [0.1, 0.15) is 5.75 Å². The molecule has 1 heterocycles. The Labute approximate surface area is 181 Å². The fourth-order valence-electron chi connectivity index (χ4n) is 3.06. The predicted octanol–water partition coefficient (Wildman–Crippen LogP) is 5.11. The van der Waals surface area contributed by atoms with Crippen molar-refractivity contribution in [1.29, 1.82) is 0 Å². The van der Waals surface area contributed by atoms with Crippen LogP contribution >= 0.6 is 11.8 Å². The maximum Gasteiger partial charge on any atom is 0.277 e. The number of nitrogens with one attached hydrogen (secondary N) is 1. The molecule has 3 aromatic rings. The van der Waals surface area contributed by atoms with Crippen LogP contribution in [0.5, 0.6) is 5.75 Å². The van der Waals surface area contributed by atoms with Crippen LogP contribution < -0.4 is 10.1 Å². The number of thioether (sulfide) groups is 1. The van der Waals surface area contributed by atoms with Crippen molar-refractivity contribution >= 4 is 23.4 Å². The first-order chi connectivity index (χ1) is 14.5. The molecule has 0 aliphatic rings. The van der Waals surface area contributed by atoms with Crippen molar-refractivity contribution in [3.05, 3.63) is 65.5 Å². The Hall–Kier alpha value is -2.80. The Balaban J connectivity index is 1.43. The molecule has 0 aliphatic heterocycles. The minimum Gasteiger partial charge on any atom is -0.497 e. The summed E-state index contributed by atoms with van der Waals surface area (Å²) in [5.41, 5.74) is 3.21. The van der Waals surface area contributed by atoms with E-state index in [4.69, 9.17) is 9.15 Å². The molecule has 0 spiro atoms. The van der Waals surface area contributed by atoms with Gasteiger partial charge in [0.2, 0.25) is 11.8 Å². The van der Waals surface area contributed by atoms with Crippen molar-refractivity contribution in [2.24, 2.45) is 0 Å². The number of para-hydroxylation sites is 1. The Morgan fingerprint density at radius 2 is 1.87 bits per heavy atom. The van der Waals surface area contributed by atoms with E-state index in [2.05, 4.69) is 41.5 Å². The number of hydrogen-bond donors (Lipinski definition) is 1. The van der Waals surface area contributed by atoms with Gasteiger partial charge in [-0.25, -0.2) is 0 Å². The molecule has 2 aromatic carbocycles.